The van der Waals surface area contributed by atoms with Crippen LogP contribution in [0.4, 0.5) is 5.69 Å². The molecule has 1 fully saturated rings. The van der Waals surface area contributed by atoms with E-state index in [0.717, 1.165) is 11.1 Å². The SMILES string of the molecule is Cc1ccc(C)c(N2C(=O)/C(=C/c3ccc(-c4ccccc4C#N)o3)C(=O)NC2=S)c1. The normalized spacial score (nSPS) is 15.2. The number of hydrogen-bond acceptors (Lipinski definition) is 5. The molecular formula is C24H17N3O3S. The molecule has 6 nitrogen and oxygen atoms in total. The molecule has 7 heteroatoms. The second-order valence-corrected chi connectivity index (χ2v) is 7.49. The number of nitrogens with zero attached hydrogens (tertiary/aromatic N) is 2. The largest absolute Gasteiger partial charge is 0.457 e. The first-order valence-electron chi connectivity index (χ1n) is 9.47. The Morgan fingerprint density at radius 1 is 1.10 bits per heavy atom. The molecule has 0 spiro atoms. The molecule has 4 rings (SSSR count). The summed E-state index contributed by atoms with van der Waals surface area (Å²) in [6, 6.07) is 18.2. The summed E-state index contributed by atoms with van der Waals surface area (Å²) in [6.45, 7) is 3.79. The third kappa shape index (κ3) is 3.77. The zero-order valence-electron chi connectivity index (χ0n) is 16.8. The maximum atomic E-state index is 13.2. The number of benzene rings is 2. The van der Waals surface area contributed by atoms with Crippen molar-refractivity contribution in [3.63, 3.8) is 0 Å². The fourth-order valence-electron chi connectivity index (χ4n) is 3.35. The van der Waals surface area contributed by atoms with Crippen LogP contribution < -0.4 is 10.2 Å². The van der Waals surface area contributed by atoms with Crippen LogP contribution in [0.2, 0.25) is 0 Å². The van der Waals surface area contributed by atoms with Crippen molar-refractivity contribution < 1.29 is 14.0 Å². The molecule has 31 heavy (non-hydrogen) atoms. The van der Waals surface area contributed by atoms with Crippen LogP contribution in [0.1, 0.15) is 22.5 Å². The Kier molecular flexibility index (Phi) is 5.24. The molecule has 0 atom stereocenters. The van der Waals surface area contributed by atoms with Crippen LogP contribution in [-0.4, -0.2) is 16.9 Å². The third-order valence-electron chi connectivity index (χ3n) is 4.93. The molecule has 0 bridgehead atoms. The molecule has 1 N–H and O–H groups in total. The topological polar surface area (TPSA) is 86.3 Å². The number of hydrogen-bond donors (Lipinski definition) is 1. The Hall–Kier alpha value is -4.02. The Morgan fingerprint density at radius 3 is 2.65 bits per heavy atom. The number of aryl methyl sites for hydroxylation is 2. The van der Waals surface area contributed by atoms with Crippen molar-refractivity contribution in [2.75, 3.05) is 4.90 Å². The van der Waals surface area contributed by atoms with Gasteiger partial charge in [0.2, 0.25) is 0 Å². The fraction of sp³-hybridized carbons (Fsp3) is 0.0833. The maximum Gasteiger partial charge on any atom is 0.270 e. The highest BCUT2D eigenvalue weighted by atomic mass is 32.1. The van der Waals surface area contributed by atoms with E-state index in [1.165, 1.54) is 11.0 Å². The monoisotopic (exact) mass is 427 g/mol. The second-order valence-electron chi connectivity index (χ2n) is 7.11. The first-order chi connectivity index (χ1) is 14.9. The zero-order chi connectivity index (χ0) is 22.1. The van der Waals surface area contributed by atoms with Crippen molar-refractivity contribution in [2.24, 2.45) is 0 Å². The smallest absolute Gasteiger partial charge is 0.270 e. The lowest BCUT2D eigenvalue weighted by Crippen LogP contribution is -2.54. The fourth-order valence-corrected chi connectivity index (χ4v) is 3.62. The lowest BCUT2D eigenvalue weighted by atomic mass is 10.1. The molecule has 0 unspecified atom stereocenters. The van der Waals surface area contributed by atoms with Crippen molar-refractivity contribution in [1.82, 2.24) is 5.32 Å². The van der Waals surface area contributed by atoms with Crippen LogP contribution in [0, 0.1) is 25.2 Å². The van der Waals surface area contributed by atoms with Gasteiger partial charge in [0.1, 0.15) is 17.1 Å². The molecule has 0 aliphatic carbocycles. The number of carbonyl (C=O) groups excluding carboxylic acids is 2. The molecule has 2 heterocycles. The van der Waals surface area contributed by atoms with Gasteiger partial charge in [-0.1, -0.05) is 24.3 Å². The van der Waals surface area contributed by atoms with Gasteiger partial charge in [-0.15, -0.1) is 0 Å². The summed E-state index contributed by atoms with van der Waals surface area (Å²) in [5.74, 6) is -0.339. The van der Waals surface area contributed by atoms with Gasteiger partial charge in [0.05, 0.1) is 17.3 Å². The summed E-state index contributed by atoms with van der Waals surface area (Å²) < 4.78 is 5.81. The average molecular weight is 427 g/mol. The van der Waals surface area contributed by atoms with Crippen molar-refractivity contribution >= 4 is 40.9 Å². The lowest BCUT2D eigenvalue weighted by molar-refractivity contribution is -0.122. The number of rotatable bonds is 3. The number of nitrogens with one attached hydrogen (secondary N) is 1. The minimum absolute atomic E-state index is 0.0314. The van der Waals surface area contributed by atoms with Gasteiger partial charge in [-0.05, 0) is 73.6 Å². The molecule has 2 aromatic carbocycles. The quantitative estimate of drug-likeness (QED) is 0.383. The summed E-state index contributed by atoms with van der Waals surface area (Å²) >= 11 is 5.27. The molecule has 1 aliphatic rings. The van der Waals surface area contributed by atoms with E-state index >= 15 is 0 Å². The van der Waals surface area contributed by atoms with Gasteiger partial charge < -0.3 is 4.42 Å². The third-order valence-corrected chi connectivity index (χ3v) is 5.22. The van der Waals surface area contributed by atoms with Crippen LogP contribution >= 0.6 is 12.2 Å². The van der Waals surface area contributed by atoms with Crippen molar-refractivity contribution in [3.8, 4) is 17.4 Å². The highest BCUT2D eigenvalue weighted by Crippen LogP contribution is 2.29. The van der Waals surface area contributed by atoms with Gasteiger partial charge in [-0.3, -0.25) is 19.8 Å². The van der Waals surface area contributed by atoms with Gasteiger partial charge in [0, 0.05) is 5.56 Å². The van der Waals surface area contributed by atoms with E-state index in [2.05, 4.69) is 11.4 Å². The van der Waals surface area contributed by atoms with Gasteiger partial charge in [-0.2, -0.15) is 5.26 Å². The Morgan fingerprint density at radius 2 is 1.87 bits per heavy atom. The molecular weight excluding hydrogens is 410 g/mol. The summed E-state index contributed by atoms with van der Waals surface area (Å²) in [5, 5.41) is 11.9. The number of carbonyl (C=O) groups is 2. The zero-order valence-corrected chi connectivity index (χ0v) is 17.6. The van der Waals surface area contributed by atoms with Gasteiger partial charge >= 0.3 is 0 Å². The minimum Gasteiger partial charge on any atom is -0.457 e. The standard InChI is InChI=1S/C24H17N3O3S/c1-14-7-8-15(2)20(11-14)27-23(29)19(22(28)26-24(27)31)12-17-9-10-21(30-17)18-6-4-3-5-16(18)13-25/h3-12H,1-2H3,(H,26,28,31)/b19-12+. The Labute approximate surface area is 184 Å². The first kappa shape index (κ1) is 20.3. The highest BCUT2D eigenvalue weighted by molar-refractivity contribution is 7.80. The summed E-state index contributed by atoms with van der Waals surface area (Å²) in [7, 11) is 0. The van der Waals surface area contributed by atoms with Gasteiger partial charge in [0.15, 0.2) is 5.11 Å². The van der Waals surface area contributed by atoms with Crippen molar-refractivity contribution in [2.45, 2.75) is 13.8 Å². The van der Waals surface area contributed by atoms with Crippen LogP contribution in [0.15, 0.2) is 64.6 Å². The number of furan rings is 1. The van der Waals surface area contributed by atoms with Gasteiger partial charge in [0.25, 0.3) is 11.8 Å². The predicted molar refractivity (Wildman–Crippen MR) is 121 cm³/mol. The number of amides is 2. The molecule has 152 valence electrons. The van der Waals surface area contributed by atoms with Crippen LogP contribution in [0.5, 0.6) is 0 Å². The average Bonchev–Trinajstić information content (AvgIpc) is 3.22. The molecule has 1 aliphatic heterocycles. The molecule has 3 aromatic rings. The predicted octanol–water partition coefficient (Wildman–Crippen LogP) is 4.27. The van der Waals surface area contributed by atoms with E-state index in [1.807, 2.05) is 32.0 Å². The highest BCUT2D eigenvalue weighted by Gasteiger charge is 2.35. The number of thiocarbonyl (C=S) groups is 1. The molecule has 1 aromatic heterocycles. The van der Waals surface area contributed by atoms with Crippen LogP contribution in [0.3, 0.4) is 0 Å². The van der Waals surface area contributed by atoms with Crippen LogP contribution in [0.25, 0.3) is 17.4 Å². The van der Waals surface area contributed by atoms with Crippen LogP contribution in [-0.2, 0) is 9.59 Å². The molecule has 1 saturated heterocycles. The second kappa shape index (κ2) is 8.01. The van der Waals surface area contributed by atoms with Crippen molar-refractivity contribution in [3.05, 3.63) is 82.6 Å². The summed E-state index contributed by atoms with van der Waals surface area (Å²) in [4.78, 5) is 27.1. The van der Waals surface area contributed by atoms with E-state index in [4.69, 9.17) is 16.6 Å². The summed E-state index contributed by atoms with van der Waals surface area (Å²) in [5.41, 5.74) is 3.44. The first-order valence-corrected chi connectivity index (χ1v) is 9.88. The van der Waals surface area contributed by atoms with Gasteiger partial charge in [-0.25, -0.2) is 0 Å². The molecule has 2 amide bonds. The Bertz CT molecular complexity index is 1310. The minimum atomic E-state index is -0.591. The van der Waals surface area contributed by atoms with E-state index in [1.54, 1.807) is 36.4 Å². The lowest BCUT2D eigenvalue weighted by Gasteiger charge is -2.30. The van der Waals surface area contributed by atoms with E-state index in [0.29, 0.717) is 28.3 Å². The summed E-state index contributed by atoms with van der Waals surface area (Å²) in [6.07, 6.45) is 1.38. The Balaban J connectivity index is 1.72. The van der Waals surface area contributed by atoms with E-state index in [-0.39, 0.29) is 10.7 Å². The molecule has 0 radical (unpaired) electrons. The van der Waals surface area contributed by atoms with E-state index in [9.17, 15) is 14.9 Å². The maximum absolute atomic E-state index is 13.2. The number of anilines is 1. The van der Waals surface area contributed by atoms with E-state index < -0.39 is 11.8 Å². The number of nitriles is 1. The molecule has 0 saturated carbocycles. The van der Waals surface area contributed by atoms with Crippen molar-refractivity contribution in [1.29, 1.82) is 5.26 Å².